The number of hydrogen-bond donors (Lipinski definition) is 0. The van der Waals surface area contributed by atoms with Gasteiger partial charge in [0.15, 0.2) is 26.5 Å². The van der Waals surface area contributed by atoms with Gasteiger partial charge in [0.1, 0.15) is 5.76 Å². The maximum Gasteiger partial charge on any atom is 0.243 e. The minimum absolute atomic E-state index is 0.0856. The molecule has 7 nitrogen and oxygen atoms in total. The van der Waals surface area contributed by atoms with Gasteiger partial charge in [-0.15, -0.1) is 0 Å². The molecule has 0 unspecified atom stereocenters. The third kappa shape index (κ3) is 5.43. The van der Waals surface area contributed by atoms with Crippen LogP contribution in [0.3, 0.4) is 0 Å². The lowest BCUT2D eigenvalue weighted by atomic mass is 10.2. The number of halogens is 1. The second-order valence-corrected chi connectivity index (χ2v) is 12.7. The fraction of sp³-hybridized carbons (Fsp3) is 0.273. The van der Waals surface area contributed by atoms with Gasteiger partial charge in [-0.2, -0.15) is 4.31 Å². The molecule has 1 fully saturated rings. The summed E-state index contributed by atoms with van der Waals surface area (Å²) in [5.41, 5.74) is 0. The minimum atomic E-state index is -4.22. The molecule has 1 aliphatic heterocycles. The van der Waals surface area contributed by atoms with E-state index in [1.807, 2.05) is 30.3 Å². The highest BCUT2D eigenvalue weighted by atomic mass is 32.2. The first-order chi connectivity index (χ1) is 15.7. The van der Waals surface area contributed by atoms with E-state index in [-0.39, 0.29) is 35.1 Å². The lowest BCUT2D eigenvalue weighted by Gasteiger charge is -2.26. The van der Waals surface area contributed by atoms with Crippen LogP contribution < -0.4 is 4.74 Å². The van der Waals surface area contributed by atoms with Gasteiger partial charge in [-0.25, -0.2) is 21.2 Å². The normalized spacial score (nSPS) is 18.0. The average Bonchev–Trinajstić information content (AvgIpc) is 3.37. The molecule has 0 bridgehead atoms. The lowest BCUT2D eigenvalue weighted by Crippen LogP contribution is -2.40. The Balaban J connectivity index is 1.64. The monoisotopic (exact) mass is 511 g/mol. The van der Waals surface area contributed by atoms with Crippen LogP contribution in [0.5, 0.6) is 5.75 Å². The Bertz CT molecular complexity index is 1340. The summed E-state index contributed by atoms with van der Waals surface area (Å²) in [6.45, 7) is -0.175. The van der Waals surface area contributed by atoms with Gasteiger partial charge in [0.25, 0.3) is 0 Å². The highest BCUT2D eigenvalue weighted by Gasteiger charge is 2.39. The summed E-state index contributed by atoms with van der Waals surface area (Å²) in [6.07, 6.45) is 0.159. The largest absolute Gasteiger partial charge is 0.494 e. The summed E-state index contributed by atoms with van der Waals surface area (Å²) in [5.74, 6) is -0.949. The van der Waals surface area contributed by atoms with Crippen LogP contribution in [0.1, 0.15) is 12.2 Å². The molecule has 2 heterocycles. The number of furan rings is 1. The molecule has 0 amide bonds. The van der Waals surface area contributed by atoms with E-state index < -0.39 is 31.7 Å². The smallest absolute Gasteiger partial charge is 0.243 e. The minimum Gasteiger partial charge on any atom is -0.494 e. The standard InChI is InChI=1S/C22H22FNO6S3/c1-29-21-9-8-19(13-20(21)23)33(27,28)24(16-11-12-32(25,26)15-16)14-17-7-10-22(30-17)31-18-5-3-2-4-6-18/h2-10,13,16H,11-12,14-15H2,1H3/t16-/m0/s1. The van der Waals surface area contributed by atoms with Gasteiger partial charge < -0.3 is 9.15 Å². The number of rotatable bonds is 8. The van der Waals surface area contributed by atoms with Gasteiger partial charge in [0.05, 0.1) is 30.1 Å². The zero-order chi connectivity index (χ0) is 23.6. The molecule has 1 aliphatic rings. The van der Waals surface area contributed by atoms with Crippen molar-refractivity contribution in [1.82, 2.24) is 4.31 Å². The van der Waals surface area contributed by atoms with E-state index >= 15 is 0 Å². The summed E-state index contributed by atoms with van der Waals surface area (Å²) >= 11 is 1.38. The van der Waals surface area contributed by atoms with E-state index in [1.54, 1.807) is 12.1 Å². The van der Waals surface area contributed by atoms with E-state index in [2.05, 4.69) is 0 Å². The van der Waals surface area contributed by atoms with Crippen LogP contribution in [0.4, 0.5) is 4.39 Å². The van der Waals surface area contributed by atoms with Gasteiger partial charge in [0.2, 0.25) is 10.0 Å². The van der Waals surface area contributed by atoms with Gasteiger partial charge in [0, 0.05) is 10.9 Å². The van der Waals surface area contributed by atoms with Crippen LogP contribution in [0, 0.1) is 5.82 Å². The molecular formula is C22H22FNO6S3. The average molecular weight is 512 g/mol. The Morgan fingerprint density at radius 3 is 2.55 bits per heavy atom. The number of nitrogens with zero attached hydrogens (tertiary/aromatic N) is 1. The van der Waals surface area contributed by atoms with Gasteiger partial charge in [-0.1, -0.05) is 30.0 Å². The zero-order valence-corrected chi connectivity index (χ0v) is 20.1. The number of sulfonamides is 1. The summed E-state index contributed by atoms with van der Waals surface area (Å²) in [5, 5.41) is 0.572. The first-order valence-electron chi connectivity index (χ1n) is 10.1. The first kappa shape index (κ1) is 23.8. The fourth-order valence-electron chi connectivity index (χ4n) is 3.61. The zero-order valence-electron chi connectivity index (χ0n) is 17.7. The molecule has 0 radical (unpaired) electrons. The molecule has 1 saturated heterocycles. The molecule has 33 heavy (non-hydrogen) atoms. The molecule has 1 aromatic heterocycles. The molecular weight excluding hydrogens is 489 g/mol. The maximum atomic E-state index is 14.3. The number of benzene rings is 2. The molecule has 0 spiro atoms. The molecule has 0 aliphatic carbocycles. The van der Waals surface area contributed by atoms with Crippen molar-refractivity contribution in [2.45, 2.75) is 33.9 Å². The molecule has 11 heteroatoms. The number of ether oxygens (including phenoxy) is 1. The fourth-order valence-corrected chi connectivity index (χ4v) is 7.88. The van der Waals surface area contributed by atoms with Crippen LogP contribution in [-0.4, -0.2) is 45.8 Å². The molecule has 0 N–H and O–H groups in total. The van der Waals surface area contributed by atoms with Crippen LogP contribution in [-0.2, 0) is 26.4 Å². The third-order valence-corrected chi connectivity index (χ3v) is 9.83. The van der Waals surface area contributed by atoms with E-state index in [1.165, 1.54) is 31.0 Å². The molecule has 0 saturated carbocycles. The SMILES string of the molecule is COc1ccc(S(=O)(=O)N(Cc2ccc(Sc3ccccc3)o2)[C@H]2CCS(=O)(=O)C2)cc1F. The Morgan fingerprint density at radius 1 is 1.15 bits per heavy atom. The van der Waals surface area contributed by atoms with Crippen LogP contribution >= 0.6 is 11.8 Å². The number of methoxy groups -OCH3 is 1. The number of hydrogen-bond acceptors (Lipinski definition) is 7. The Labute approximate surface area is 196 Å². The van der Waals surface area contributed by atoms with Crippen LogP contribution in [0.25, 0.3) is 0 Å². The van der Waals surface area contributed by atoms with Crippen molar-refractivity contribution in [1.29, 1.82) is 0 Å². The second kappa shape index (κ2) is 9.49. The van der Waals surface area contributed by atoms with E-state index in [0.29, 0.717) is 10.9 Å². The second-order valence-electron chi connectivity index (χ2n) is 7.54. The summed E-state index contributed by atoms with van der Waals surface area (Å²) in [7, 11) is -6.31. The highest BCUT2D eigenvalue weighted by molar-refractivity contribution is 7.99. The molecule has 3 aromatic rings. The van der Waals surface area contributed by atoms with Crippen molar-refractivity contribution in [3.8, 4) is 5.75 Å². The van der Waals surface area contributed by atoms with E-state index in [4.69, 9.17) is 9.15 Å². The number of sulfone groups is 1. The topological polar surface area (TPSA) is 93.9 Å². The Kier molecular flexibility index (Phi) is 6.85. The Morgan fingerprint density at radius 2 is 1.91 bits per heavy atom. The summed E-state index contributed by atoms with van der Waals surface area (Å²) < 4.78 is 77.1. The predicted molar refractivity (Wildman–Crippen MR) is 122 cm³/mol. The first-order valence-corrected chi connectivity index (χ1v) is 14.1. The van der Waals surface area contributed by atoms with E-state index in [9.17, 15) is 21.2 Å². The van der Waals surface area contributed by atoms with Crippen LogP contribution in [0.15, 0.2) is 80.0 Å². The molecule has 176 valence electrons. The van der Waals surface area contributed by atoms with Crippen molar-refractivity contribution in [2.24, 2.45) is 0 Å². The van der Waals surface area contributed by atoms with Crippen molar-refractivity contribution in [2.75, 3.05) is 18.6 Å². The van der Waals surface area contributed by atoms with Crippen molar-refractivity contribution < 1.29 is 30.4 Å². The molecule has 1 atom stereocenters. The maximum absolute atomic E-state index is 14.3. The summed E-state index contributed by atoms with van der Waals surface area (Å²) in [4.78, 5) is 0.675. The molecule has 4 rings (SSSR count). The lowest BCUT2D eigenvalue weighted by molar-refractivity contribution is 0.295. The predicted octanol–water partition coefficient (Wildman–Crippen LogP) is 3.96. The third-order valence-electron chi connectivity index (χ3n) is 5.26. The van der Waals surface area contributed by atoms with Crippen molar-refractivity contribution in [3.63, 3.8) is 0 Å². The van der Waals surface area contributed by atoms with Gasteiger partial charge >= 0.3 is 0 Å². The van der Waals surface area contributed by atoms with Gasteiger partial charge in [-0.05, 0) is 48.9 Å². The quantitative estimate of drug-likeness (QED) is 0.452. The Hall–Kier alpha value is -2.34. The van der Waals surface area contributed by atoms with E-state index in [0.717, 1.165) is 15.3 Å². The summed E-state index contributed by atoms with van der Waals surface area (Å²) in [6, 6.07) is 15.5. The van der Waals surface area contributed by atoms with Gasteiger partial charge in [-0.3, -0.25) is 0 Å². The van der Waals surface area contributed by atoms with Crippen molar-refractivity contribution >= 4 is 31.6 Å². The highest BCUT2D eigenvalue weighted by Crippen LogP contribution is 2.32. The van der Waals surface area contributed by atoms with Crippen LogP contribution in [0.2, 0.25) is 0 Å². The van der Waals surface area contributed by atoms with Crippen molar-refractivity contribution in [3.05, 3.63) is 72.2 Å². The molecule has 2 aromatic carbocycles.